The summed E-state index contributed by atoms with van der Waals surface area (Å²) in [7, 11) is -3.52. The largest absolute Gasteiger partial charge is 0.481 e. The molecule has 0 bridgehead atoms. The molecule has 7 heteroatoms. The Morgan fingerprint density at radius 2 is 2.13 bits per heavy atom. The van der Waals surface area contributed by atoms with E-state index in [1.165, 1.54) is 0 Å². The van der Waals surface area contributed by atoms with Crippen molar-refractivity contribution in [1.29, 1.82) is 0 Å². The van der Waals surface area contributed by atoms with Crippen LogP contribution in [0.3, 0.4) is 0 Å². The van der Waals surface area contributed by atoms with Crippen LogP contribution in [-0.4, -0.2) is 37.8 Å². The molecule has 0 saturated carbocycles. The maximum absolute atomic E-state index is 11.3. The molecule has 0 aliphatic rings. The van der Waals surface area contributed by atoms with Crippen molar-refractivity contribution in [3.8, 4) is 0 Å². The molecule has 0 fully saturated rings. The topological polar surface area (TPSA) is 109 Å². The predicted molar refractivity (Wildman–Crippen MR) is 56.9 cm³/mol. The van der Waals surface area contributed by atoms with Crippen LogP contribution in [0, 0.1) is 0 Å². The van der Waals surface area contributed by atoms with Gasteiger partial charge in [0.2, 0.25) is 10.0 Å². The fourth-order valence-electron chi connectivity index (χ4n) is 1.11. The molecule has 0 spiro atoms. The number of hydrogen-bond acceptors (Lipinski definition) is 4. The van der Waals surface area contributed by atoms with E-state index in [1.54, 1.807) is 0 Å². The molecule has 0 rings (SSSR count). The Morgan fingerprint density at radius 3 is 2.53 bits per heavy atom. The van der Waals surface area contributed by atoms with Gasteiger partial charge in [-0.25, -0.2) is 13.1 Å². The van der Waals surface area contributed by atoms with Gasteiger partial charge in [-0.15, -0.1) is 0 Å². The van der Waals surface area contributed by atoms with Gasteiger partial charge in [-0.05, 0) is 6.42 Å². The number of carboxylic acid groups (broad SMARTS) is 1. The number of aliphatic carboxylic acids is 1. The van der Waals surface area contributed by atoms with Gasteiger partial charge in [0.05, 0.1) is 12.2 Å². The first-order chi connectivity index (χ1) is 6.91. The van der Waals surface area contributed by atoms with E-state index in [1.807, 2.05) is 6.92 Å². The summed E-state index contributed by atoms with van der Waals surface area (Å²) in [5.74, 6) is -1.53. The van der Waals surface area contributed by atoms with Gasteiger partial charge in [0, 0.05) is 12.6 Å². The van der Waals surface area contributed by atoms with E-state index in [2.05, 4.69) is 4.72 Å². The molecular formula is C8H18N2O4S. The molecule has 0 saturated heterocycles. The lowest BCUT2D eigenvalue weighted by Gasteiger charge is -2.15. The Labute approximate surface area is 89.9 Å². The number of rotatable bonds is 8. The van der Waals surface area contributed by atoms with Crippen molar-refractivity contribution < 1.29 is 18.3 Å². The van der Waals surface area contributed by atoms with Crippen molar-refractivity contribution >= 4 is 16.0 Å². The monoisotopic (exact) mass is 238 g/mol. The van der Waals surface area contributed by atoms with Crippen LogP contribution in [0.2, 0.25) is 0 Å². The number of hydrogen-bond donors (Lipinski definition) is 3. The Balaban J connectivity index is 4.16. The van der Waals surface area contributed by atoms with Gasteiger partial charge >= 0.3 is 5.97 Å². The highest BCUT2D eigenvalue weighted by molar-refractivity contribution is 7.89. The zero-order valence-corrected chi connectivity index (χ0v) is 9.59. The van der Waals surface area contributed by atoms with Gasteiger partial charge < -0.3 is 10.8 Å². The Hall–Kier alpha value is -0.660. The second-order valence-corrected chi connectivity index (χ2v) is 5.18. The first kappa shape index (κ1) is 14.3. The van der Waals surface area contributed by atoms with Gasteiger partial charge in [0.1, 0.15) is 0 Å². The standard InChI is InChI=1S/C8H18N2O4S/c1-2-3-7(6-9)10-15(13,14)5-4-8(11)12/h7,10H,2-6,9H2,1H3,(H,11,12). The van der Waals surface area contributed by atoms with Crippen LogP contribution in [0.1, 0.15) is 26.2 Å². The summed E-state index contributed by atoms with van der Waals surface area (Å²) >= 11 is 0. The Morgan fingerprint density at radius 1 is 1.53 bits per heavy atom. The minimum absolute atomic E-state index is 0.222. The normalized spacial score (nSPS) is 13.7. The second kappa shape index (κ2) is 6.76. The first-order valence-corrected chi connectivity index (χ1v) is 6.48. The van der Waals surface area contributed by atoms with E-state index in [0.29, 0.717) is 6.42 Å². The molecule has 1 atom stereocenters. The molecule has 0 aromatic rings. The van der Waals surface area contributed by atoms with Crippen LogP contribution in [0.4, 0.5) is 0 Å². The van der Waals surface area contributed by atoms with E-state index >= 15 is 0 Å². The first-order valence-electron chi connectivity index (χ1n) is 4.83. The van der Waals surface area contributed by atoms with Crippen molar-refractivity contribution in [2.45, 2.75) is 32.2 Å². The van der Waals surface area contributed by atoms with Crippen LogP contribution in [0.25, 0.3) is 0 Å². The van der Waals surface area contributed by atoms with Crippen molar-refractivity contribution in [3.05, 3.63) is 0 Å². The lowest BCUT2D eigenvalue weighted by molar-refractivity contribution is -0.136. The zero-order valence-electron chi connectivity index (χ0n) is 8.77. The molecule has 0 aliphatic heterocycles. The fourth-order valence-corrected chi connectivity index (χ4v) is 2.39. The van der Waals surface area contributed by atoms with Gasteiger partial charge in [-0.3, -0.25) is 4.79 Å². The van der Waals surface area contributed by atoms with Gasteiger partial charge in [-0.1, -0.05) is 13.3 Å². The molecule has 0 aliphatic carbocycles. The average molecular weight is 238 g/mol. The highest BCUT2D eigenvalue weighted by atomic mass is 32.2. The summed E-state index contributed by atoms with van der Waals surface area (Å²) in [6.45, 7) is 2.15. The molecule has 0 radical (unpaired) electrons. The van der Waals surface area contributed by atoms with Crippen molar-refractivity contribution in [2.75, 3.05) is 12.3 Å². The van der Waals surface area contributed by atoms with E-state index < -0.39 is 28.2 Å². The third-order valence-corrected chi connectivity index (χ3v) is 3.29. The quantitative estimate of drug-likeness (QED) is 0.528. The van der Waals surface area contributed by atoms with Crippen LogP contribution < -0.4 is 10.5 Å². The summed E-state index contributed by atoms with van der Waals surface area (Å²) in [5, 5.41) is 8.35. The Kier molecular flexibility index (Phi) is 6.46. The summed E-state index contributed by atoms with van der Waals surface area (Å²) in [6, 6.07) is -0.297. The van der Waals surface area contributed by atoms with Crippen LogP contribution in [-0.2, 0) is 14.8 Å². The van der Waals surface area contributed by atoms with E-state index in [9.17, 15) is 13.2 Å². The van der Waals surface area contributed by atoms with Gasteiger partial charge in [0.25, 0.3) is 0 Å². The maximum atomic E-state index is 11.3. The second-order valence-electron chi connectivity index (χ2n) is 3.30. The number of sulfonamides is 1. The minimum Gasteiger partial charge on any atom is -0.481 e. The number of nitrogens with two attached hydrogens (primary N) is 1. The maximum Gasteiger partial charge on any atom is 0.304 e. The molecule has 0 heterocycles. The summed E-state index contributed by atoms with van der Waals surface area (Å²) in [5.41, 5.74) is 5.38. The summed E-state index contributed by atoms with van der Waals surface area (Å²) in [6.07, 6.45) is 1.09. The molecule has 6 nitrogen and oxygen atoms in total. The molecule has 90 valence electrons. The molecule has 0 aromatic heterocycles. The molecule has 0 aromatic carbocycles. The highest BCUT2D eigenvalue weighted by Gasteiger charge is 2.17. The van der Waals surface area contributed by atoms with Gasteiger partial charge in [-0.2, -0.15) is 0 Å². The molecular weight excluding hydrogens is 220 g/mol. The Bertz CT molecular complexity index is 289. The molecule has 15 heavy (non-hydrogen) atoms. The smallest absolute Gasteiger partial charge is 0.304 e. The predicted octanol–water partition coefficient (Wildman–Crippen LogP) is -0.492. The van der Waals surface area contributed by atoms with Crippen molar-refractivity contribution in [3.63, 3.8) is 0 Å². The van der Waals surface area contributed by atoms with Crippen molar-refractivity contribution in [1.82, 2.24) is 4.72 Å². The highest BCUT2D eigenvalue weighted by Crippen LogP contribution is 1.99. The van der Waals surface area contributed by atoms with Crippen LogP contribution in [0.5, 0.6) is 0 Å². The molecule has 1 unspecified atom stereocenters. The number of nitrogens with one attached hydrogen (secondary N) is 1. The SMILES string of the molecule is CCCC(CN)NS(=O)(=O)CCC(=O)O. The van der Waals surface area contributed by atoms with Crippen molar-refractivity contribution in [2.24, 2.45) is 5.73 Å². The third-order valence-electron chi connectivity index (χ3n) is 1.85. The van der Waals surface area contributed by atoms with Crippen LogP contribution in [0.15, 0.2) is 0 Å². The van der Waals surface area contributed by atoms with Crippen LogP contribution >= 0.6 is 0 Å². The lowest BCUT2D eigenvalue weighted by atomic mass is 10.2. The molecule has 0 amide bonds. The van der Waals surface area contributed by atoms with E-state index in [-0.39, 0.29) is 12.6 Å². The zero-order chi connectivity index (χ0) is 11.9. The molecule has 4 N–H and O–H groups in total. The lowest BCUT2D eigenvalue weighted by Crippen LogP contribution is -2.41. The third kappa shape index (κ3) is 7.29. The fraction of sp³-hybridized carbons (Fsp3) is 0.875. The average Bonchev–Trinajstić information content (AvgIpc) is 2.14. The minimum atomic E-state index is -3.52. The van der Waals surface area contributed by atoms with E-state index in [4.69, 9.17) is 10.8 Å². The van der Waals surface area contributed by atoms with Gasteiger partial charge in [0.15, 0.2) is 0 Å². The number of carbonyl (C=O) groups is 1. The van der Waals surface area contributed by atoms with E-state index in [0.717, 1.165) is 6.42 Å². The number of carboxylic acids is 1. The summed E-state index contributed by atoms with van der Waals surface area (Å²) in [4.78, 5) is 10.2. The summed E-state index contributed by atoms with van der Waals surface area (Å²) < 4.78 is 25.1.